The fraction of sp³-hybridized carbons (Fsp3) is 0.154. The van der Waals surface area contributed by atoms with Gasteiger partial charge in [-0.25, -0.2) is 4.39 Å². The number of nitrogens with zero attached hydrogens (tertiary/aromatic N) is 1. The van der Waals surface area contributed by atoms with Crippen molar-refractivity contribution in [1.29, 1.82) is 0 Å². The van der Waals surface area contributed by atoms with Gasteiger partial charge in [0.05, 0.1) is 17.0 Å². The molecule has 4 aromatic rings. The van der Waals surface area contributed by atoms with Crippen LogP contribution >= 0.6 is 0 Å². The number of fused-ring (bicyclic) bond motifs is 3. The minimum absolute atomic E-state index is 0.0198. The summed E-state index contributed by atoms with van der Waals surface area (Å²) < 4.78 is 30.5. The zero-order valence-corrected chi connectivity index (χ0v) is 17.6. The van der Waals surface area contributed by atoms with Crippen LogP contribution in [0, 0.1) is 12.7 Å². The molecule has 3 heterocycles. The molecule has 6 nitrogen and oxygen atoms in total. The standard InChI is InChI=1S/C26H18FNO5/c1-14-2-8-19-18(10-14)24(29)22-23(16-4-6-17(27)7-5-16)28(26(30)25(22)33-19)12-15-3-9-20-21(11-15)32-13-31-20/h2-11,23H,12-13H2,1H3/t23-/m0/s1. The summed E-state index contributed by atoms with van der Waals surface area (Å²) in [5.74, 6) is 0.475. The van der Waals surface area contributed by atoms with Gasteiger partial charge < -0.3 is 18.8 Å². The first-order valence-electron chi connectivity index (χ1n) is 10.5. The van der Waals surface area contributed by atoms with Crippen LogP contribution in [0.4, 0.5) is 4.39 Å². The van der Waals surface area contributed by atoms with Gasteiger partial charge in [-0.1, -0.05) is 29.8 Å². The number of halogens is 1. The molecule has 0 N–H and O–H groups in total. The molecule has 0 spiro atoms. The molecule has 3 aromatic carbocycles. The van der Waals surface area contributed by atoms with E-state index in [1.165, 1.54) is 12.1 Å². The third kappa shape index (κ3) is 3.08. The second-order valence-electron chi connectivity index (χ2n) is 8.25. The average Bonchev–Trinajstić information content (AvgIpc) is 3.38. The first-order valence-corrected chi connectivity index (χ1v) is 10.5. The van der Waals surface area contributed by atoms with Crippen LogP contribution < -0.4 is 14.9 Å². The smallest absolute Gasteiger partial charge is 0.291 e. The SMILES string of the molecule is Cc1ccc2oc3c(c(=O)c2c1)[C@H](c1ccc(F)cc1)N(Cc1ccc2c(c1)OCO2)C3=O. The normalized spacial score (nSPS) is 16.5. The summed E-state index contributed by atoms with van der Waals surface area (Å²) in [5, 5.41) is 0.415. The van der Waals surface area contributed by atoms with Gasteiger partial charge in [-0.05, 0) is 54.4 Å². The fourth-order valence-corrected chi connectivity index (χ4v) is 4.52. The van der Waals surface area contributed by atoms with Crippen LogP contribution in [-0.2, 0) is 6.54 Å². The lowest BCUT2D eigenvalue weighted by molar-refractivity contribution is 0.0714. The van der Waals surface area contributed by atoms with Gasteiger partial charge in [0.1, 0.15) is 11.4 Å². The largest absolute Gasteiger partial charge is 0.454 e. The summed E-state index contributed by atoms with van der Waals surface area (Å²) in [4.78, 5) is 28.7. The van der Waals surface area contributed by atoms with Crippen molar-refractivity contribution in [2.45, 2.75) is 19.5 Å². The Morgan fingerprint density at radius 2 is 1.76 bits per heavy atom. The van der Waals surface area contributed by atoms with E-state index in [0.29, 0.717) is 28.0 Å². The van der Waals surface area contributed by atoms with Crippen LogP contribution in [0.25, 0.3) is 11.0 Å². The van der Waals surface area contributed by atoms with E-state index in [-0.39, 0.29) is 30.1 Å². The summed E-state index contributed by atoms with van der Waals surface area (Å²) in [6, 6.07) is 15.9. The quantitative estimate of drug-likeness (QED) is 0.459. The predicted octanol–water partition coefficient (Wildman–Crippen LogP) is 4.71. The van der Waals surface area contributed by atoms with Gasteiger partial charge in [0, 0.05) is 6.54 Å². The molecular weight excluding hydrogens is 425 g/mol. The summed E-state index contributed by atoms with van der Waals surface area (Å²) >= 11 is 0. The van der Waals surface area contributed by atoms with Crippen LogP contribution in [0.15, 0.2) is 69.9 Å². The summed E-state index contributed by atoms with van der Waals surface area (Å²) in [6.45, 7) is 2.24. The monoisotopic (exact) mass is 443 g/mol. The third-order valence-electron chi connectivity index (χ3n) is 6.10. The molecule has 0 fully saturated rings. The van der Waals surface area contributed by atoms with Crippen LogP contribution in [0.3, 0.4) is 0 Å². The molecule has 164 valence electrons. The van der Waals surface area contributed by atoms with Gasteiger partial charge in [-0.2, -0.15) is 0 Å². The van der Waals surface area contributed by atoms with Crippen molar-refractivity contribution < 1.29 is 23.1 Å². The van der Waals surface area contributed by atoms with Gasteiger partial charge in [0.2, 0.25) is 12.6 Å². The maximum Gasteiger partial charge on any atom is 0.291 e. The highest BCUT2D eigenvalue weighted by molar-refractivity contribution is 5.99. The highest BCUT2D eigenvalue weighted by Gasteiger charge is 2.42. The maximum atomic E-state index is 13.7. The van der Waals surface area contributed by atoms with Crippen molar-refractivity contribution in [3.63, 3.8) is 0 Å². The van der Waals surface area contributed by atoms with E-state index in [4.69, 9.17) is 13.9 Å². The van der Waals surface area contributed by atoms with Crippen LogP contribution in [0.2, 0.25) is 0 Å². The van der Waals surface area contributed by atoms with E-state index in [2.05, 4.69) is 0 Å². The van der Waals surface area contributed by atoms with Crippen molar-refractivity contribution in [1.82, 2.24) is 4.90 Å². The molecule has 2 aliphatic rings. The van der Waals surface area contributed by atoms with Gasteiger partial charge in [0.25, 0.3) is 5.91 Å². The first kappa shape index (κ1) is 19.5. The number of ether oxygens (including phenoxy) is 2. The third-order valence-corrected chi connectivity index (χ3v) is 6.10. The first-order chi connectivity index (χ1) is 16.0. The topological polar surface area (TPSA) is 69.0 Å². The van der Waals surface area contributed by atoms with E-state index in [0.717, 1.165) is 11.1 Å². The zero-order valence-electron chi connectivity index (χ0n) is 17.6. The maximum absolute atomic E-state index is 13.7. The second-order valence-corrected chi connectivity index (χ2v) is 8.25. The second kappa shape index (κ2) is 7.20. The number of carbonyl (C=O) groups is 1. The Kier molecular flexibility index (Phi) is 4.26. The molecule has 1 aromatic heterocycles. The average molecular weight is 443 g/mol. The van der Waals surface area contributed by atoms with Crippen LogP contribution in [-0.4, -0.2) is 17.6 Å². The minimum Gasteiger partial charge on any atom is -0.454 e. The Balaban J connectivity index is 1.52. The van der Waals surface area contributed by atoms with Crippen LogP contribution in [0.5, 0.6) is 11.5 Å². The number of hydrogen-bond acceptors (Lipinski definition) is 5. The summed E-state index contributed by atoms with van der Waals surface area (Å²) in [5.41, 5.74) is 2.72. The zero-order chi connectivity index (χ0) is 22.7. The Labute approximate surface area is 187 Å². The fourth-order valence-electron chi connectivity index (χ4n) is 4.52. The van der Waals surface area contributed by atoms with Crippen molar-refractivity contribution in [3.05, 3.63) is 105 Å². The van der Waals surface area contributed by atoms with Gasteiger partial charge >= 0.3 is 0 Å². The summed E-state index contributed by atoms with van der Waals surface area (Å²) in [6.07, 6.45) is 0. The van der Waals surface area contributed by atoms with E-state index in [1.54, 1.807) is 35.2 Å². The van der Waals surface area contributed by atoms with Crippen molar-refractivity contribution >= 4 is 16.9 Å². The van der Waals surface area contributed by atoms with Gasteiger partial charge in [-0.3, -0.25) is 9.59 Å². The molecule has 0 radical (unpaired) electrons. The molecule has 7 heteroatoms. The molecule has 33 heavy (non-hydrogen) atoms. The molecule has 0 bridgehead atoms. The van der Waals surface area contributed by atoms with Gasteiger partial charge in [-0.15, -0.1) is 0 Å². The molecule has 0 saturated heterocycles. The minimum atomic E-state index is -0.709. The predicted molar refractivity (Wildman–Crippen MR) is 118 cm³/mol. The van der Waals surface area contributed by atoms with E-state index >= 15 is 0 Å². The van der Waals surface area contributed by atoms with E-state index in [1.807, 2.05) is 25.1 Å². The Hall–Kier alpha value is -4.13. The van der Waals surface area contributed by atoms with Crippen molar-refractivity contribution in [2.75, 3.05) is 6.79 Å². The molecule has 1 amide bonds. The molecule has 6 rings (SSSR count). The van der Waals surface area contributed by atoms with E-state index in [9.17, 15) is 14.0 Å². The lowest BCUT2D eigenvalue weighted by atomic mass is 9.98. The number of benzene rings is 3. The lowest BCUT2D eigenvalue weighted by Crippen LogP contribution is -2.29. The molecule has 0 unspecified atom stereocenters. The van der Waals surface area contributed by atoms with E-state index < -0.39 is 17.8 Å². The lowest BCUT2D eigenvalue weighted by Gasteiger charge is -2.25. The number of carbonyl (C=O) groups excluding carboxylic acids is 1. The Morgan fingerprint density at radius 1 is 0.970 bits per heavy atom. The molecular formula is C26H18FNO5. The molecule has 0 saturated carbocycles. The highest BCUT2D eigenvalue weighted by atomic mass is 19.1. The number of aryl methyl sites for hydroxylation is 1. The summed E-state index contributed by atoms with van der Waals surface area (Å²) in [7, 11) is 0. The number of rotatable bonds is 3. The van der Waals surface area contributed by atoms with Crippen molar-refractivity contribution in [3.8, 4) is 11.5 Å². The molecule has 0 aliphatic carbocycles. The highest BCUT2D eigenvalue weighted by Crippen LogP contribution is 2.40. The number of amides is 1. The van der Waals surface area contributed by atoms with Gasteiger partial charge in [0.15, 0.2) is 16.9 Å². The van der Waals surface area contributed by atoms with Crippen LogP contribution in [0.1, 0.15) is 38.9 Å². The Bertz CT molecular complexity index is 1490. The number of hydrogen-bond donors (Lipinski definition) is 0. The molecule has 1 atom stereocenters. The Morgan fingerprint density at radius 3 is 2.58 bits per heavy atom. The van der Waals surface area contributed by atoms with Crippen molar-refractivity contribution in [2.24, 2.45) is 0 Å². The molecule has 2 aliphatic heterocycles.